The maximum absolute atomic E-state index is 11.6. The molecule has 35 heavy (non-hydrogen) atoms. The molecule has 2 N–H and O–H groups in total. The molecule has 0 aliphatic carbocycles. The number of allylic oxidation sites excluding steroid dienone is 2. The van der Waals surface area contributed by atoms with Crippen molar-refractivity contribution in [2.24, 2.45) is 0 Å². The molecule has 1 unspecified atom stereocenters. The fourth-order valence-corrected chi connectivity index (χ4v) is 4.52. The molecule has 0 amide bonds. The molecule has 1 aliphatic heterocycles. The molecule has 2 heterocycles. The van der Waals surface area contributed by atoms with Gasteiger partial charge in [-0.2, -0.15) is 0 Å². The van der Waals surface area contributed by atoms with Crippen LogP contribution in [0.15, 0.2) is 88.9 Å². The number of benzene rings is 2. The van der Waals surface area contributed by atoms with Crippen LogP contribution in [0.3, 0.4) is 0 Å². The van der Waals surface area contributed by atoms with Gasteiger partial charge in [0.05, 0.1) is 26.1 Å². The monoisotopic (exact) mass is 532 g/mol. The molecule has 0 spiro atoms. The van der Waals surface area contributed by atoms with Gasteiger partial charge >= 0.3 is 0 Å². The highest BCUT2D eigenvalue weighted by molar-refractivity contribution is 7.90. The fourth-order valence-electron chi connectivity index (χ4n) is 3.26. The molecule has 1 atom stereocenters. The SMILES string of the molecule is CC1C=CC(c2ncc(Cl)cc2-c2ccc(S(C)(=O)=O)cc2)=C[NH2+]1.Cc1ccc(S(=O)(=O)[O-])cc1. The largest absolute Gasteiger partial charge is 0.744 e. The van der Waals surface area contributed by atoms with Crippen molar-refractivity contribution in [3.05, 3.63) is 95.4 Å². The number of sulfone groups is 1. The second-order valence-corrected chi connectivity index (χ2v) is 12.0. The molecule has 0 bridgehead atoms. The number of halogens is 1. The second-order valence-electron chi connectivity index (χ2n) is 8.15. The van der Waals surface area contributed by atoms with Crippen LogP contribution in [0.1, 0.15) is 18.2 Å². The zero-order valence-corrected chi connectivity index (χ0v) is 21.7. The summed E-state index contributed by atoms with van der Waals surface area (Å²) in [5.41, 5.74) is 4.51. The van der Waals surface area contributed by atoms with Crippen LogP contribution in [-0.4, -0.2) is 38.7 Å². The normalized spacial score (nSPS) is 15.7. The molecule has 1 aliphatic rings. The first-order valence-electron chi connectivity index (χ1n) is 10.6. The number of aromatic nitrogens is 1. The van der Waals surface area contributed by atoms with Gasteiger partial charge in [-0.25, -0.2) is 16.8 Å². The molecule has 0 fully saturated rings. The van der Waals surface area contributed by atoms with E-state index in [1.165, 1.54) is 18.4 Å². The molecule has 1 aromatic heterocycles. The van der Waals surface area contributed by atoms with Crippen LogP contribution in [0.5, 0.6) is 0 Å². The van der Waals surface area contributed by atoms with Gasteiger partial charge < -0.3 is 9.87 Å². The van der Waals surface area contributed by atoms with E-state index in [1.54, 1.807) is 42.6 Å². The van der Waals surface area contributed by atoms with Crippen molar-refractivity contribution in [1.29, 1.82) is 0 Å². The summed E-state index contributed by atoms with van der Waals surface area (Å²) in [7, 11) is -7.49. The van der Waals surface area contributed by atoms with Crippen LogP contribution in [0.25, 0.3) is 16.7 Å². The quantitative estimate of drug-likeness (QED) is 0.513. The summed E-state index contributed by atoms with van der Waals surface area (Å²) >= 11 is 6.13. The van der Waals surface area contributed by atoms with Crippen molar-refractivity contribution < 1.29 is 26.7 Å². The van der Waals surface area contributed by atoms with E-state index >= 15 is 0 Å². The van der Waals surface area contributed by atoms with Crippen LogP contribution in [-0.2, 0) is 20.0 Å². The minimum Gasteiger partial charge on any atom is -0.744 e. The Labute approximate surface area is 210 Å². The minimum absolute atomic E-state index is 0.178. The Morgan fingerprint density at radius 2 is 1.57 bits per heavy atom. The van der Waals surface area contributed by atoms with Crippen molar-refractivity contribution in [2.45, 2.75) is 29.7 Å². The Morgan fingerprint density at radius 1 is 0.971 bits per heavy atom. The number of nitrogens with zero attached hydrogens (tertiary/aromatic N) is 1. The molecule has 0 saturated carbocycles. The van der Waals surface area contributed by atoms with Crippen molar-refractivity contribution >= 4 is 37.1 Å². The van der Waals surface area contributed by atoms with Crippen molar-refractivity contribution in [3.8, 4) is 11.1 Å². The average molecular weight is 533 g/mol. The Balaban J connectivity index is 0.000000261. The summed E-state index contributed by atoms with van der Waals surface area (Å²) in [6.45, 7) is 3.94. The van der Waals surface area contributed by atoms with Crippen LogP contribution >= 0.6 is 11.6 Å². The molecule has 7 nitrogen and oxygen atoms in total. The highest BCUT2D eigenvalue weighted by Gasteiger charge is 2.16. The maximum atomic E-state index is 11.6. The lowest BCUT2D eigenvalue weighted by Gasteiger charge is -2.14. The molecule has 2 aromatic carbocycles. The number of hydrogen-bond acceptors (Lipinski definition) is 6. The Kier molecular flexibility index (Phi) is 8.30. The van der Waals surface area contributed by atoms with Gasteiger partial charge in [0, 0.05) is 18.0 Å². The molecule has 0 saturated heterocycles. The molecule has 10 heteroatoms. The Morgan fingerprint density at radius 3 is 2.09 bits per heavy atom. The van der Waals surface area contributed by atoms with Gasteiger partial charge in [-0.15, -0.1) is 0 Å². The molecular formula is C25H25ClN2O5S2. The van der Waals surface area contributed by atoms with E-state index in [0.717, 1.165) is 28.0 Å². The highest BCUT2D eigenvalue weighted by atomic mass is 35.5. The van der Waals surface area contributed by atoms with E-state index in [4.69, 9.17) is 11.6 Å². The van der Waals surface area contributed by atoms with Gasteiger partial charge in [0.2, 0.25) is 0 Å². The number of aryl methyl sites for hydroxylation is 1. The van der Waals surface area contributed by atoms with Crippen molar-refractivity contribution in [3.63, 3.8) is 0 Å². The van der Waals surface area contributed by atoms with E-state index in [2.05, 4.69) is 35.6 Å². The summed E-state index contributed by atoms with van der Waals surface area (Å²) in [6.07, 6.45) is 9.04. The summed E-state index contributed by atoms with van der Waals surface area (Å²) in [5.74, 6) is 0. The third-order valence-electron chi connectivity index (χ3n) is 5.19. The molecule has 0 radical (unpaired) electrons. The van der Waals surface area contributed by atoms with Crippen LogP contribution < -0.4 is 5.32 Å². The smallest absolute Gasteiger partial charge is 0.175 e. The second kappa shape index (κ2) is 10.8. The lowest BCUT2D eigenvalue weighted by molar-refractivity contribution is -0.611. The summed E-state index contributed by atoms with van der Waals surface area (Å²) in [4.78, 5) is 4.60. The van der Waals surface area contributed by atoms with Gasteiger partial charge in [-0.1, -0.05) is 41.4 Å². The van der Waals surface area contributed by atoms with E-state index in [-0.39, 0.29) is 4.90 Å². The Hall–Kier alpha value is -2.82. The number of rotatable bonds is 4. The van der Waals surface area contributed by atoms with E-state index < -0.39 is 20.0 Å². The number of pyridine rings is 1. The predicted octanol–water partition coefficient (Wildman–Crippen LogP) is 3.57. The third kappa shape index (κ3) is 7.33. The molecule has 3 aromatic rings. The topological polar surface area (TPSA) is 121 Å². The zero-order chi connectivity index (χ0) is 25.8. The van der Waals surface area contributed by atoms with Gasteiger partial charge in [0.15, 0.2) is 9.84 Å². The first kappa shape index (κ1) is 26.8. The molecule has 184 valence electrons. The van der Waals surface area contributed by atoms with E-state index in [0.29, 0.717) is 16.0 Å². The minimum atomic E-state index is -4.27. The van der Waals surface area contributed by atoms with E-state index in [1.807, 2.05) is 13.0 Å². The van der Waals surface area contributed by atoms with Gasteiger partial charge in [-0.3, -0.25) is 4.98 Å². The Bertz CT molecular complexity index is 1480. The lowest BCUT2D eigenvalue weighted by Crippen LogP contribution is -2.84. The summed E-state index contributed by atoms with van der Waals surface area (Å²) < 4.78 is 54.4. The van der Waals surface area contributed by atoms with Gasteiger partial charge in [0.25, 0.3) is 0 Å². The number of hydrogen-bond donors (Lipinski definition) is 1. The average Bonchev–Trinajstić information content (AvgIpc) is 2.79. The first-order valence-corrected chi connectivity index (χ1v) is 14.2. The van der Waals surface area contributed by atoms with Crippen LogP contribution in [0.2, 0.25) is 5.02 Å². The summed E-state index contributed by atoms with van der Waals surface area (Å²) in [5, 5.41) is 2.65. The fraction of sp³-hybridized carbons (Fsp3) is 0.160. The third-order valence-corrected chi connectivity index (χ3v) is 7.37. The first-order chi connectivity index (χ1) is 16.3. The number of quaternary nitrogens is 1. The predicted molar refractivity (Wildman–Crippen MR) is 135 cm³/mol. The molecule has 4 rings (SSSR count). The van der Waals surface area contributed by atoms with E-state index in [9.17, 15) is 21.4 Å². The maximum Gasteiger partial charge on any atom is 0.175 e. The highest BCUT2D eigenvalue weighted by Crippen LogP contribution is 2.31. The van der Waals surface area contributed by atoms with Crippen molar-refractivity contribution in [1.82, 2.24) is 4.98 Å². The zero-order valence-electron chi connectivity index (χ0n) is 19.3. The molecular weight excluding hydrogens is 508 g/mol. The number of nitrogens with two attached hydrogens (primary N) is 1. The van der Waals surface area contributed by atoms with Gasteiger partial charge in [-0.05, 0) is 61.9 Å². The summed E-state index contributed by atoms with van der Waals surface area (Å²) in [6, 6.07) is 14.8. The lowest BCUT2D eigenvalue weighted by atomic mass is 9.98. The van der Waals surface area contributed by atoms with Crippen LogP contribution in [0.4, 0.5) is 0 Å². The van der Waals surface area contributed by atoms with Crippen LogP contribution in [0, 0.1) is 6.92 Å². The standard InChI is InChI=1S/C18H17ClN2O2S.C7H8O3S/c1-12-3-4-14(10-20-12)18-17(9-15(19)11-21-18)13-5-7-16(8-6-13)24(2,22)23;1-6-2-4-7(5-3-6)11(8,9)10/h3-12,20H,1-2H3;2-5H,1H3,(H,8,9,10). The van der Waals surface area contributed by atoms with Crippen molar-refractivity contribution in [2.75, 3.05) is 6.26 Å². The van der Waals surface area contributed by atoms with Gasteiger partial charge in [0.1, 0.15) is 22.4 Å².